The first-order chi connectivity index (χ1) is 29.4. The van der Waals surface area contributed by atoms with E-state index in [0.29, 0.717) is 5.92 Å². The van der Waals surface area contributed by atoms with Crippen LogP contribution in [0.25, 0.3) is 27.6 Å². The summed E-state index contributed by atoms with van der Waals surface area (Å²) in [6, 6.07) is 57.1. The number of aromatic nitrogens is 2. The Balaban J connectivity index is 0.00000490. The molecule has 2 aliphatic heterocycles. The van der Waals surface area contributed by atoms with Gasteiger partial charge in [0.15, 0.2) is 0 Å². The van der Waals surface area contributed by atoms with E-state index < -0.39 is 0 Å². The molecule has 4 nitrogen and oxygen atoms in total. The fourth-order valence-electron chi connectivity index (χ4n) is 9.51. The van der Waals surface area contributed by atoms with E-state index in [1.165, 1.54) is 49.7 Å². The third-order valence-corrected chi connectivity index (χ3v) is 14.0. The van der Waals surface area contributed by atoms with Gasteiger partial charge in [-0.3, -0.25) is 0 Å². The van der Waals surface area contributed by atoms with Gasteiger partial charge in [0.05, 0.1) is 6.04 Å². The second-order valence-corrected chi connectivity index (χ2v) is 19.8. The van der Waals surface area contributed by atoms with Gasteiger partial charge in [-0.1, -0.05) is 156 Å². The number of fused-ring (bicyclic) bond motifs is 5. The minimum atomic E-state index is -0.295. The number of benzene rings is 6. The van der Waals surface area contributed by atoms with Crippen molar-refractivity contribution in [1.29, 1.82) is 0 Å². The van der Waals surface area contributed by atoms with Crippen molar-refractivity contribution in [1.82, 2.24) is 9.55 Å². The summed E-state index contributed by atoms with van der Waals surface area (Å²) in [7, 11) is 0. The number of thioether (sulfide) groups is 1. The van der Waals surface area contributed by atoms with Crippen LogP contribution in [0, 0.1) is 19.1 Å². The number of hydrogen-bond acceptors (Lipinski definition) is 4. The number of aryl methyl sites for hydroxylation is 1. The van der Waals surface area contributed by atoms with Crippen molar-refractivity contribution < 1.29 is 21.1 Å². The zero-order valence-corrected chi connectivity index (χ0v) is 39.8. The fourth-order valence-corrected chi connectivity index (χ4v) is 10.6. The predicted molar refractivity (Wildman–Crippen MR) is 258 cm³/mol. The molecule has 8 aromatic rings. The summed E-state index contributed by atoms with van der Waals surface area (Å²) in [5, 5.41) is 3.45. The molecule has 0 radical (unpaired) electrons. The van der Waals surface area contributed by atoms with Crippen molar-refractivity contribution in [2.24, 2.45) is 4.99 Å². The Morgan fingerprint density at radius 2 is 1.44 bits per heavy atom. The molecule has 0 N–H and O–H groups in total. The number of nitrogens with zero attached hydrogens (tertiary/aromatic N) is 4. The number of pyridine rings is 1. The Hall–Kier alpha value is -5.22. The van der Waals surface area contributed by atoms with Crippen molar-refractivity contribution in [2.75, 3.05) is 10.7 Å². The van der Waals surface area contributed by atoms with Crippen molar-refractivity contribution in [3.05, 3.63) is 196 Å². The number of rotatable bonds is 7. The topological polar surface area (TPSA) is 33.4 Å². The Kier molecular flexibility index (Phi) is 11.0. The van der Waals surface area contributed by atoms with Crippen LogP contribution in [0.15, 0.2) is 145 Å². The minimum Gasteiger partial charge on any atom is -0.352 e. The van der Waals surface area contributed by atoms with Gasteiger partial charge < -0.3 is 14.5 Å². The van der Waals surface area contributed by atoms with Gasteiger partial charge in [-0.2, -0.15) is 17.8 Å². The maximum Gasteiger partial charge on any atom is 2.00 e. The number of para-hydroxylation sites is 1. The van der Waals surface area contributed by atoms with Crippen LogP contribution in [0.1, 0.15) is 105 Å². The van der Waals surface area contributed by atoms with E-state index in [2.05, 4.69) is 210 Å². The molecular formula is C56H52N4PtS. The summed E-state index contributed by atoms with van der Waals surface area (Å²) in [6.45, 7) is 18.3. The van der Waals surface area contributed by atoms with Gasteiger partial charge in [-0.05, 0) is 81.3 Å². The molecule has 312 valence electrons. The Morgan fingerprint density at radius 3 is 2.13 bits per heavy atom. The molecule has 4 heterocycles. The molecule has 0 saturated heterocycles. The SMILES string of the molecule is Cc1ccc2c(c1)c1cc3c([c-]c1n2-c1cc(C(C)(C)C)ccn1)N(c1[c-]c(C2=N[C@H](C(c4ccccc4)c4ccccc4)CS2)cc(C(C)C)c1)c1ccccc1C3(C)C.[Pt+2]. The average Bonchev–Trinajstić information content (AvgIpc) is 3.87. The summed E-state index contributed by atoms with van der Waals surface area (Å²) >= 11 is 1.86. The summed E-state index contributed by atoms with van der Waals surface area (Å²) in [5.74, 6) is 2.27. The number of aliphatic imine (C=N–C) groups is 1. The van der Waals surface area contributed by atoms with Gasteiger partial charge in [-0.15, -0.1) is 46.3 Å². The fraction of sp³-hybridized carbons (Fsp3) is 0.250. The van der Waals surface area contributed by atoms with Gasteiger partial charge in [0.25, 0.3) is 0 Å². The van der Waals surface area contributed by atoms with Crippen LogP contribution in [0.2, 0.25) is 0 Å². The molecule has 0 unspecified atom stereocenters. The Bertz CT molecular complexity index is 2960. The van der Waals surface area contributed by atoms with Crippen molar-refractivity contribution >= 4 is 55.7 Å². The quantitative estimate of drug-likeness (QED) is 0.149. The maximum atomic E-state index is 5.56. The third kappa shape index (κ3) is 7.25. The molecule has 0 saturated carbocycles. The first-order valence-electron chi connectivity index (χ1n) is 21.6. The van der Waals surface area contributed by atoms with Crippen molar-refractivity contribution in [3.63, 3.8) is 0 Å². The molecule has 0 spiro atoms. The van der Waals surface area contributed by atoms with Crippen LogP contribution >= 0.6 is 11.8 Å². The molecule has 2 aromatic heterocycles. The van der Waals surface area contributed by atoms with Crippen LogP contribution in [-0.4, -0.2) is 26.4 Å². The van der Waals surface area contributed by atoms with E-state index in [1.807, 2.05) is 18.0 Å². The van der Waals surface area contributed by atoms with E-state index >= 15 is 0 Å². The molecule has 10 rings (SSSR count). The molecule has 0 fully saturated rings. The van der Waals surface area contributed by atoms with Crippen LogP contribution in [0.4, 0.5) is 17.1 Å². The van der Waals surface area contributed by atoms with Gasteiger partial charge in [-0.25, -0.2) is 4.98 Å². The van der Waals surface area contributed by atoms with Gasteiger partial charge in [0.1, 0.15) is 5.82 Å². The van der Waals surface area contributed by atoms with E-state index in [0.717, 1.165) is 50.3 Å². The molecule has 0 aliphatic carbocycles. The first-order valence-corrected chi connectivity index (χ1v) is 22.6. The van der Waals surface area contributed by atoms with Crippen LogP contribution in [0.5, 0.6) is 0 Å². The second kappa shape index (κ2) is 16.2. The molecule has 6 aromatic carbocycles. The maximum absolute atomic E-state index is 5.56. The molecule has 2 aliphatic rings. The largest absolute Gasteiger partial charge is 2.00 e. The van der Waals surface area contributed by atoms with Crippen LogP contribution in [-0.2, 0) is 31.9 Å². The van der Waals surface area contributed by atoms with E-state index in [4.69, 9.17) is 9.98 Å². The zero-order valence-electron chi connectivity index (χ0n) is 36.7. The summed E-state index contributed by atoms with van der Waals surface area (Å²) < 4.78 is 2.32. The summed E-state index contributed by atoms with van der Waals surface area (Å²) in [5.41, 5.74) is 14.9. The number of hydrogen-bond donors (Lipinski definition) is 0. The second-order valence-electron chi connectivity index (χ2n) is 18.8. The van der Waals surface area contributed by atoms with Gasteiger partial charge >= 0.3 is 21.1 Å². The first kappa shape index (κ1) is 42.1. The summed E-state index contributed by atoms with van der Waals surface area (Å²) in [6.07, 6.45) is 1.95. The minimum absolute atomic E-state index is 0. The monoisotopic (exact) mass is 1010 g/mol. The van der Waals surface area contributed by atoms with Gasteiger partial charge in [0, 0.05) is 34.1 Å². The molecule has 6 heteroatoms. The molecule has 0 amide bonds. The summed E-state index contributed by atoms with van der Waals surface area (Å²) in [4.78, 5) is 13.0. The van der Waals surface area contributed by atoms with E-state index in [-0.39, 0.29) is 43.9 Å². The molecular weight excluding hydrogens is 956 g/mol. The van der Waals surface area contributed by atoms with E-state index in [1.54, 1.807) is 0 Å². The van der Waals surface area contributed by atoms with Crippen LogP contribution in [0.3, 0.4) is 0 Å². The van der Waals surface area contributed by atoms with Crippen molar-refractivity contribution in [3.8, 4) is 5.82 Å². The predicted octanol–water partition coefficient (Wildman–Crippen LogP) is 14.3. The van der Waals surface area contributed by atoms with Gasteiger partial charge in [0.2, 0.25) is 0 Å². The normalized spacial score (nSPS) is 15.8. The Morgan fingerprint density at radius 1 is 0.742 bits per heavy atom. The average molecular weight is 1010 g/mol. The van der Waals surface area contributed by atoms with Crippen molar-refractivity contribution in [2.45, 2.75) is 84.1 Å². The number of anilines is 3. The van der Waals surface area contributed by atoms with E-state index in [9.17, 15) is 0 Å². The standard InChI is InChI=1S/C56H52N4S.Pt/c1-35(2)39-28-40(54-58-47(34-61-54)53(37-17-11-9-12-18-37)38-19-13-10-14-20-38)30-42(29-39)59-49-22-16-15-21-45(49)56(7,8)46-32-44-43-27-36(3)23-24-48(43)60(50(44)33-51(46)59)52-31-41(25-26-57-52)55(4,5)6;/h9-29,31-32,35,47,53H,34H2,1-8H3;/q-2;+2/t47-;/m0./s1. The third-order valence-electron chi connectivity index (χ3n) is 12.9. The molecule has 62 heavy (non-hydrogen) atoms. The smallest absolute Gasteiger partial charge is 0.352 e. The van der Waals surface area contributed by atoms with Crippen LogP contribution < -0.4 is 4.90 Å². The molecule has 1 atom stereocenters. The zero-order chi connectivity index (χ0) is 42.2. The Labute approximate surface area is 385 Å². The molecule has 0 bridgehead atoms.